The first-order valence-corrected chi connectivity index (χ1v) is 11.5. The molecule has 3 aromatic rings. The van der Waals surface area contributed by atoms with E-state index in [-0.39, 0.29) is 23.5 Å². The molecule has 2 heterocycles. The summed E-state index contributed by atoms with van der Waals surface area (Å²) < 4.78 is 24.4. The van der Waals surface area contributed by atoms with Gasteiger partial charge in [-0.15, -0.1) is 0 Å². The van der Waals surface area contributed by atoms with E-state index in [0.29, 0.717) is 42.1 Å². The van der Waals surface area contributed by atoms with Crippen LogP contribution in [0, 0.1) is 5.82 Å². The van der Waals surface area contributed by atoms with Gasteiger partial charge in [-0.25, -0.2) is 9.37 Å². The number of hydrogen-bond acceptors (Lipinski definition) is 5. The molecule has 1 aromatic heterocycles. The number of carbonyl (C=O) groups is 1. The van der Waals surface area contributed by atoms with Gasteiger partial charge in [-0.2, -0.15) is 0 Å². The van der Waals surface area contributed by atoms with E-state index in [1.165, 1.54) is 18.4 Å². The Balaban J connectivity index is 1.44. The highest BCUT2D eigenvalue weighted by Crippen LogP contribution is 2.24. The van der Waals surface area contributed by atoms with Crippen LogP contribution in [0.5, 0.6) is 0 Å². The van der Waals surface area contributed by atoms with Gasteiger partial charge < -0.3 is 14.5 Å². The molecule has 1 amide bonds. The van der Waals surface area contributed by atoms with Crippen molar-refractivity contribution in [3.8, 4) is 0 Å². The molecule has 33 heavy (non-hydrogen) atoms. The number of oxazole rings is 1. The number of nitrogens with one attached hydrogen (secondary N) is 1. The predicted octanol–water partition coefficient (Wildman–Crippen LogP) is 5.23. The second kappa shape index (κ2) is 11.1. The third kappa shape index (κ3) is 6.77. The molecule has 0 unspecified atom stereocenters. The lowest BCUT2D eigenvalue weighted by Crippen LogP contribution is -2.32. The largest absolute Gasteiger partial charge is 0.447 e. The van der Waals surface area contributed by atoms with Crippen LogP contribution in [0.15, 0.2) is 53.1 Å². The van der Waals surface area contributed by atoms with Gasteiger partial charge in [-0.05, 0) is 48.2 Å². The minimum Gasteiger partial charge on any atom is -0.447 e. The van der Waals surface area contributed by atoms with Crippen LogP contribution in [0.3, 0.4) is 0 Å². The van der Waals surface area contributed by atoms with Crippen LogP contribution in [0.2, 0.25) is 10.0 Å². The zero-order valence-corrected chi connectivity index (χ0v) is 19.4. The van der Waals surface area contributed by atoms with Crippen molar-refractivity contribution in [2.24, 2.45) is 0 Å². The molecular weight excluding hydrogens is 468 g/mol. The molecule has 0 saturated carbocycles. The fourth-order valence-electron chi connectivity index (χ4n) is 3.69. The number of aromatic nitrogens is 1. The Bertz CT molecular complexity index is 1080. The van der Waals surface area contributed by atoms with Crippen LogP contribution < -0.4 is 5.32 Å². The van der Waals surface area contributed by atoms with E-state index < -0.39 is 0 Å². The Hall–Kier alpha value is -2.45. The lowest BCUT2D eigenvalue weighted by molar-refractivity contribution is 0.0853. The monoisotopic (exact) mass is 491 g/mol. The highest BCUT2D eigenvalue weighted by atomic mass is 35.5. The molecule has 1 N–H and O–H groups in total. The molecule has 1 fully saturated rings. The Morgan fingerprint density at radius 1 is 1.09 bits per heavy atom. The van der Waals surface area contributed by atoms with Crippen LogP contribution in [-0.2, 0) is 24.4 Å². The summed E-state index contributed by atoms with van der Waals surface area (Å²) >= 11 is 12.2. The van der Waals surface area contributed by atoms with E-state index >= 15 is 0 Å². The number of amides is 1. The van der Waals surface area contributed by atoms with Gasteiger partial charge in [0.25, 0.3) is 5.91 Å². The number of halogens is 3. The zero-order chi connectivity index (χ0) is 23.2. The van der Waals surface area contributed by atoms with Gasteiger partial charge in [0.05, 0.1) is 22.7 Å². The van der Waals surface area contributed by atoms with E-state index in [1.54, 1.807) is 24.3 Å². The number of carbonyl (C=O) groups excluding carboxylic acids is 1. The Labute approximate surface area is 201 Å². The van der Waals surface area contributed by atoms with E-state index in [2.05, 4.69) is 15.2 Å². The summed E-state index contributed by atoms with van der Waals surface area (Å²) in [5.74, 6) is -0.185. The number of benzene rings is 2. The van der Waals surface area contributed by atoms with Gasteiger partial charge in [-0.1, -0.05) is 41.4 Å². The van der Waals surface area contributed by atoms with Crippen molar-refractivity contribution in [1.82, 2.24) is 15.2 Å². The van der Waals surface area contributed by atoms with Crippen molar-refractivity contribution in [2.75, 3.05) is 13.2 Å². The topological polar surface area (TPSA) is 67.6 Å². The first-order chi connectivity index (χ1) is 16.0. The van der Waals surface area contributed by atoms with Gasteiger partial charge in [0.1, 0.15) is 12.1 Å². The Morgan fingerprint density at radius 2 is 1.85 bits per heavy atom. The third-order valence-electron chi connectivity index (χ3n) is 5.37. The molecule has 1 atom stereocenters. The molecule has 1 saturated heterocycles. The van der Waals surface area contributed by atoms with Crippen molar-refractivity contribution < 1.29 is 18.3 Å². The highest BCUT2D eigenvalue weighted by molar-refractivity contribution is 6.42. The molecule has 0 radical (unpaired) electrons. The minimum atomic E-state index is -0.296. The maximum absolute atomic E-state index is 13.3. The van der Waals surface area contributed by atoms with Gasteiger partial charge in [0.2, 0.25) is 5.89 Å². The molecular formula is C24H24Cl2FN3O3. The van der Waals surface area contributed by atoms with E-state index in [9.17, 15) is 9.18 Å². The normalized spacial score (nSPS) is 15.8. The van der Waals surface area contributed by atoms with Crippen molar-refractivity contribution in [1.29, 1.82) is 0 Å². The Kier molecular flexibility index (Phi) is 7.98. The van der Waals surface area contributed by atoms with Crippen LogP contribution >= 0.6 is 23.2 Å². The minimum absolute atomic E-state index is 0.0534. The molecule has 4 rings (SSSR count). The average molecular weight is 492 g/mol. The molecule has 0 aliphatic carbocycles. The molecule has 9 heteroatoms. The summed E-state index contributed by atoms with van der Waals surface area (Å²) in [6.07, 6.45) is 3.36. The molecule has 1 aliphatic rings. The van der Waals surface area contributed by atoms with Crippen LogP contribution in [-0.4, -0.2) is 35.0 Å². The summed E-state index contributed by atoms with van der Waals surface area (Å²) in [5, 5.41) is 3.79. The molecule has 2 aromatic carbocycles. The standard InChI is InChI=1S/C24H24Cl2FN3O3/c25-20-8-5-17(10-21(20)26)13-30(12-16-3-6-18(27)7-4-16)14-23-29-22(15-33-23)24(31)28-11-19-2-1-9-32-19/h3-8,10,15,19H,1-2,9,11-14H2,(H,28,31)/t19-/m1/s1. The third-order valence-corrected chi connectivity index (χ3v) is 6.11. The molecule has 0 spiro atoms. The summed E-state index contributed by atoms with van der Waals surface area (Å²) in [6.45, 7) is 2.57. The maximum atomic E-state index is 13.3. The van der Waals surface area contributed by atoms with Crippen molar-refractivity contribution >= 4 is 29.1 Å². The van der Waals surface area contributed by atoms with E-state index in [4.69, 9.17) is 32.4 Å². The van der Waals surface area contributed by atoms with Crippen molar-refractivity contribution in [3.63, 3.8) is 0 Å². The SMILES string of the molecule is O=C(NC[C@H]1CCCO1)c1coc(CN(Cc2ccc(F)cc2)Cc2ccc(Cl)c(Cl)c2)n1. The van der Waals surface area contributed by atoms with Crippen molar-refractivity contribution in [3.05, 3.63) is 87.3 Å². The second-order valence-electron chi connectivity index (χ2n) is 7.99. The maximum Gasteiger partial charge on any atom is 0.273 e. The molecule has 1 aliphatic heterocycles. The predicted molar refractivity (Wildman–Crippen MR) is 124 cm³/mol. The summed E-state index contributed by atoms with van der Waals surface area (Å²) in [6, 6.07) is 11.8. The van der Waals surface area contributed by atoms with Gasteiger partial charge in [-0.3, -0.25) is 9.69 Å². The number of hydrogen-bond donors (Lipinski definition) is 1. The van der Waals surface area contributed by atoms with E-state index in [0.717, 1.165) is 30.6 Å². The fraction of sp³-hybridized carbons (Fsp3) is 0.333. The first-order valence-electron chi connectivity index (χ1n) is 10.7. The van der Waals surface area contributed by atoms with Crippen LogP contribution in [0.1, 0.15) is 40.3 Å². The van der Waals surface area contributed by atoms with Crippen LogP contribution in [0.4, 0.5) is 4.39 Å². The van der Waals surface area contributed by atoms with Crippen LogP contribution in [0.25, 0.3) is 0 Å². The number of rotatable bonds is 9. The zero-order valence-electron chi connectivity index (χ0n) is 17.9. The molecule has 174 valence electrons. The van der Waals surface area contributed by atoms with Gasteiger partial charge >= 0.3 is 0 Å². The Morgan fingerprint density at radius 3 is 2.58 bits per heavy atom. The number of nitrogens with zero attached hydrogens (tertiary/aromatic N) is 2. The second-order valence-corrected chi connectivity index (χ2v) is 8.81. The average Bonchev–Trinajstić information content (AvgIpc) is 3.48. The number of ether oxygens (including phenoxy) is 1. The summed E-state index contributed by atoms with van der Waals surface area (Å²) in [5.41, 5.74) is 2.10. The fourth-order valence-corrected chi connectivity index (χ4v) is 4.01. The smallest absolute Gasteiger partial charge is 0.273 e. The lowest BCUT2D eigenvalue weighted by atomic mass is 10.1. The summed E-state index contributed by atoms with van der Waals surface area (Å²) in [7, 11) is 0. The first kappa shape index (κ1) is 23.7. The molecule has 6 nitrogen and oxygen atoms in total. The molecule has 0 bridgehead atoms. The quantitative estimate of drug-likeness (QED) is 0.443. The summed E-state index contributed by atoms with van der Waals surface area (Å²) in [4.78, 5) is 18.8. The van der Waals surface area contributed by atoms with Gasteiger partial charge in [0.15, 0.2) is 5.69 Å². The van der Waals surface area contributed by atoms with E-state index in [1.807, 2.05) is 6.07 Å². The van der Waals surface area contributed by atoms with Crippen molar-refractivity contribution in [2.45, 2.75) is 38.6 Å². The van der Waals surface area contributed by atoms with Gasteiger partial charge in [0, 0.05) is 26.2 Å². The lowest BCUT2D eigenvalue weighted by Gasteiger charge is -2.21. The highest BCUT2D eigenvalue weighted by Gasteiger charge is 2.19.